The lowest BCUT2D eigenvalue weighted by molar-refractivity contribution is 0.396. The highest BCUT2D eigenvalue weighted by Crippen LogP contribution is 2.36. The van der Waals surface area contributed by atoms with Gasteiger partial charge in [0.2, 0.25) is 0 Å². The number of halogens is 2. The highest BCUT2D eigenvalue weighted by atomic mass is 35.5. The minimum absolute atomic E-state index is 0.0749. The number of benzene rings is 2. The second-order valence-corrected chi connectivity index (χ2v) is 6.77. The van der Waals surface area contributed by atoms with Gasteiger partial charge in [-0.2, -0.15) is 0 Å². The molecule has 0 amide bonds. The molecule has 0 spiro atoms. The van der Waals surface area contributed by atoms with Crippen molar-refractivity contribution in [1.82, 2.24) is 0 Å². The summed E-state index contributed by atoms with van der Waals surface area (Å²) in [5.74, 6) is 0.673. The molecule has 0 aliphatic rings. The first-order valence-corrected chi connectivity index (χ1v) is 8.31. The lowest BCUT2D eigenvalue weighted by Gasteiger charge is -2.14. The van der Waals surface area contributed by atoms with Gasteiger partial charge in [-0.15, -0.1) is 0 Å². The minimum Gasteiger partial charge on any atom is -0.495 e. The molecule has 0 saturated carbocycles. The zero-order valence-electron chi connectivity index (χ0n) is 11.8. The molecule has 8 heteroatoms. The Labute approximate surface area is 138 Å². The van der Waals surface area contributed by atoms with E-state index < -0.39 is 10.0 Å². The summed E-state index contributed by atoms with van der Waals surface area (Å²) in [4.78, 5) is 0.0749. The van der Waals surface area contributed by atoms with E-state index in [1.807, 2.05) is 0 Å². The number of nitrogens with one attached hydrogen (secondary N) is 1. The molecule has 0 unspecified atom stereocenters. The Hall–Kier alpha value is -1.63. The average molecular weight is 362 g/mol. The van der Waals surface area contributed by atoms with Gasteiger partial charge in [0.05, 0.1) is 29.8 Å². The van der Waals surface area contributed by atoms with Crippen LogP contribution in [-0.4, -0.2) is 22.6 Å². The van der Waals surface area contributed by atoms with E-state index >= 15 is 0 Å². The number of anilines is 1. The summed E-state index contributed by atoms with van der Waals surface area (Å²) in [6.07, 6.45) is 0. The predicted octanol–water partition coefficient (Wildman–Crippen LogP) is 3.81. The quantitative estimate of drug-likeness (QED) is 0.879. The van der Waals surface area contributed by atoms with E-state index in [1.54, 1.807) is 0 Å². The van der Waals surface area contributed by atoms with Crippen molar-refractivity contribution in [3.05, 3.63) is 46.4 Å². The van der Waals surface area contributed by atoms with Gasteiger partial charge in [0.15, 0.2) is 0 Å². The molecule has 0 bridgehead atoms. The van der Waals surface area contributed by atoms with E-state index in [1.165, 1.54) is 50.6 Å². The Morgan fingerprint density at radius 2 is 1.55 bits per heavy atom. The maximum absolute atomic E-state index is 12.4. The van der Waals surface area contributed by atoms with Gasteiger partial charge in [0.1, 0.15) is 11.5 Å². The molecular weight excluding hydrogens is 349 g/mol. The molecule has 0 aliphatic carbocycles. The predicted molar refractivity (Wildman–Crippen MR) is 86.8 cm³/mol. The molecule has 22 heavy (non-hydrogen) atoms. The van der Waals surface area contributed by atoms with Crippen molar-refractivity contribution in [2.45, 2.75) is 4.90 Å². The largest absolute Gasteiger partial charge is 0.495 e. The molecule has 2 rings (SSSR count). The van der Waals surface area contributed by atoms with E-state index in [4.69, 9.17) is 32.7 Å². The summed E-state index contributed by atoms with van der Waals surface area (Å²) < 4.78 is 37.4. The topological polar surface area (TPSA) is 64.6 Å². The van der Waals surface area contributed by atoms with Crippen LogP contribution in [0.25, 0.3) is 0 Å². The number of sulfonamides is 1. The van der Waals surface area contributed by atoms with Crippen LogP contribution in [0.1, 0.15) is 0 Å². The molecule has 2 aromatic carbocycles. The van der Waals surface area contributed by atoms with Crippen molar-refractivity contribution in [2.24, 2.45) is 0 Å². The van der Waals surface area contributed by atoms with E-state index in [0.29, 0.717) is 16.5 Å². The SMILES string of the molecule is COc1cc(OC)c(NS(=O)(=O)c2ccc(Cl)cc2)cc1Cl. The highest BCUT2D eigenvalue weighted by molar-refractivity contribution is 7.92. The van der Waals surface area contributed by atoms with E-state index in [9.17, 15) is 8.42 Å². The molecule has 2 aromatic rings. The Morgan fingerprint density at radius 1 is 0.955 bits per heavy atom. The van der Waals surface area contributed by atoms with Crippen molar-refractivity contribution < 1.29 is 17.9 Å². The fourth-order valence-corrected chi connectivity index (χ4v) is 3.19. The number of methoxy groups -OCH3 is 2. The van der Waals surface area contributed by atoms with Gasteiger partial charge < -0.3 is 9.47 Å². The van der Waals surface area contributed by atoms with Gasteiger partial charge in [-0.25, -0.2) is 8.42 Å². The zero-order valence-corrected chi connectivity index (χ0v) is 14.1. The van der Waals surface area contributed by atoms with Gasteiger partial charge >= 0.3 is 0 Å². The molecule has 0 fully saturated rings. The first-order valence-electron chi connectivity index (χ1n) is 6.07. The smallest absolute Gasteiger partial charge is 0.262 e. The summed E-state index contributed by atoms with van der Waals surface area (Å²) in [5, 5.41) is 0.709. The second kappa shape index (κ2) is 6.64. The number of ether oxygens (including phenoxy) is 2. The van der Waals surface area contributed by atoms with Gasteiger partial charge in [0, 0.05) is 11.1 Å². The van der Waals surface area contributed by atoms with Crippen LogP contribution in [0.2, 0.25) is 10.0 Å². The maximum Gasteiger partial charge on any atom is 0.262 e. The third-order valence-electron chi connectivity index (χ3n) is 2.84. The van der Waals surface area contributed by atoms with Gasteiger partial charge in [-0.3, -0.25) is 4.72 Å². The molecular formula is C14H13Cl2NO4S. The van der Waals surface area contributed by atoms with E-state index in [-0.39, 0.29) is 15.6 Å². The third-order valence-corrected chi connectivity index (χ3v) is 4.77. The molecule has 5 nitrogen and oxygen atoms in total. The van der Waals surface area contributed by atoms with Crippen molar-refractivity contribution in [3.8, 4) is 11.5 Å². The molecule has 0 aromatic heterocycles. The highest BCUT2D eigenvalue weighted by Gasteiger charge is 2.18. The van der Waals surface area contributed by atoms with E-state index in [0.717, 1.165) is 0 Å². The number of hydrogen-bond acceptors (Lipinski definition) is 4. The summed E-state index contributed by atoms with van der Waals surface area (Å²) in [7, 11) is -0.911. The second-order valence-electron chi connectivity index (χ2n) is 4.25. The van der Waals surface area contributed by atoms with E-state index in [2.05, 4.69) is 4.72 Å². The Balaban J connectivity index is 2.41. The van der Waals surface area contributed by atoms with Crippen LogP contribution >= 0.6 is 23.2 Å². The molecule has 0 heterocycles. The molecule has 1 N–H and O–H groups in total. The normalized spacial score (nSPS) is 11.1. The first-order chi connectivity index (χ1) is 10.4. The summed E-state index contributed by atoms with van der Waals surface area (Å²) in [5.41, 5.74) is 0.211. The summed E-state index contributed by atoms with van der Waals surface area (Å²) in [6, 6.07) is 8.72. The van der Waals surface area contributed by atoms with Crippen LogP contribution in [0.5, 0.6) is 11.5 Å². The molecule has 0 atom stereocenters. The number of hydrogen-bond donors (Lipinski definition) is 1. The summed E-state index contributed by atoms with van der Waals surface area (Å²) >= 11 is 11.8. The van der Waals surface area contributed by atoms with Crippen molar-refractivity contribution in [3.63, 3.8) is 0 Å². The van der Waals surface area contributed by atoms with Crippen LogP contribution < -0.4 is 14.2 Å². The molecule has 0 aliphatic heterocycles. The van der Waals surface area contributed by atoms with Gasteiger partial charge in [-0.05, 0) is 30.3 Å². The fraction of sp³-hybridized carbons (Fsp3) is 0.143. The minimum atomic E-state index is -3.79. The number of rotatable bonds is 5. The Kier molecular flexibility index (Phi) is 5.05. The van der Waals surface area contributed by atoms with Crippen LogP contribution in [0.4, 0.5) is 5.69 Å². The lowest BCUT2D eigenvalue weighted by atomic mass is 10.3. The Morgan fingerprint density at radius 3 is 2.09 bits per heavy atom. The average Bonchev–Trinajstić information content (AvgIpc) is 2.47. The first kappa shape index (κ1) is 16.7. The van der Waals surface area contributed by atoms with Gasteiger partial charge in [-0.1, -0.05) is 23.2 Å². The zero-order chi connectivity index (χ0) is 16.3. The lowest BCUT2D eigenvalue weighted by Crippen LogP contribution is -2.13. The van der Waals surface area contributed by atoms with Gasteiger partial charge in [0.25, 0.3) is 10.0 Å². The molecule has 0 radical (unpaired) electrons. The van der Waals surface area contributed by atoms with Crippen molar-refractivity contribution in [1.29, 1.82) is 0 Å². The van der Waals surface area contributed by atoms with Crippen LogP contribution in [0.3, 0.4) is 0 Å². The fourth-order valence-electron chi connectivity index (χ4n) is 1.76. The molecule has 118 valence electrons. The maximum atomic E-state index is 12.4. The van der Waals surface area contributed by atoms with Crippen LogP contribution in [0, 0.1) is 0 Å². The van der Waals surface area contributed by atoms with Crippen molar-refractivity contribution in [2.75, 3.05) is 18.9 Å². The van der Waals surface area contributed by atoms with Crippen LogP contribution in [-0.2, 0) is 10.0 Å². The third kappa shape index (κ3) is 3.58. The van der Waals surface area contributed by atoms with Crippen LogP contribution in [0.15, 0.2) is 41.3 Å². The molecule has 0 saturated heterocycles. The summed E-state index contributed by atoms with van der Waals surface area (Å²) in [6.45, 7) is 0. The van der Waals surface area contributed by atoms with Crippen molar-refractivity contribution >= 4 is 38.9 Å². The standard InChI is InChI=1S/C14H13Cl2NO4S/c1-20-13-8-14(21-2)12(7-11(13)16)17-22(18,19)10-5-3-9(15)4-6-10/h3-8,17H,1-2H3. The monoisotopic (exact) mass is 361 g/mol. The Bertz CT molecular complexity index is 776.